The van der Waals surface area contributed by atoms with Gasteiger partial charge in [0.2, 0.25) is 5.91 Å². The van der Waals surface area contributed by atoms with E-state index in [0.29, 0.717) is 12.7 Å². The number of aldehydes is 1. The lowest BCUT2D eigenvalue weighted by Crippen LogP contribution is -2.70. The minimum atomic E-state index is -1.35. The van der Waals surface area contributed by atoms with Crippen LogP contribution in [-0.4, -0.2) is 70.6 Å². The number of aliphatic hydroxyl groups excluding tert-OH is 1. The van der Waals surface area contributed by atoms with Crippen molar-refractivity contribution >= 4 is 24.3 Å². The Morgan fingerprint density at radius 2 is 1.93 bits per heavy atom. The molecule has 0 aromatic heterocycles. The number of hydrogen-bond donors (Lipinski definition) is 1. The first kappa shape index (κ1) is 20.8. The molecule has 2 fully saturated rings. The average molecular weight is 404 g/mol. The van der Waals surface area contributed by atoms with E-state index in [1.54, 1.807) is 31.2 Å². The molecule has 0 spiro atoms. The second-order valence-electron chi connectivity index (χ2n) is 7.02. The van der Waals surface area contributed by atoms with Crippen molar-refractivity contribution < 1.29 is 33.8 Å². The van der Waals surface area contributed by atoms with Crippen molar-refractivity contribution in [1.82, 2.24) is 9.80 Å². The summed E-state index contributed by atoms with van der Waals surface area (Å²) in [6.07, 6.45) is -0.960. The van der Waals surface area contributed by atoms with Crippen molar-refractivity contribution in [2.75, 3.05) is 13.2 Å². The zero-order valence-corrected chi connectivity index (χ0v) is 16.1. The maximum absolute atomic E-state index is 12.8. The van der Waals surface area contributed by atoms with E-state index in [0.717, 1.165) is 10.5 Å². The van der Waals surface area contributed by atoms with Crippen LogP contribution in [0.25, 0.3) is 0 Å². The number of fused-ring (bicyclic) bond motifs is 1. The largest absolute Gasteiger partial charge is 0.464 e. The van der Waals surface area contributed by atoms with Crippen LogP contribution >= 0.6 is 0 Å². The Balaban J connectivity index is 1.74. The second-order valence-corrected chi connectivity index (χ2v) is 7.02. The molecule has 9 heteroatoms. The van der Waals surface area contributed by atoms with Gasteiger partial charge in [0.05, 0.1) is 12.6 Å². The van der Waals surface area contributed by atoms with Crippen LogP contribution in [0.1, 0.15) is 25.3 Å². The monoisotopic (exact) mass is 404 g/mol. The van der Waals surface area contributed by atoms with Gasteiger partial charge in [0, 0.05) is 5.92 Å². The Labute approximate surface area is 168 Å². The van der Waals surface area contributed by atoms with Crippen LogP contribution in [0.3, 0.4) is 0 Å². The van der Waals surface area contributed by atoms with E-state index in [1.165, 1.54) is 4.90 Å². The van der Waals surface area contributed by atoms with Crippen molar-refractivity contribution in [2.45, 2.75) is 44.7 Å². The van der Waals surface area contributed by atoms with Crippen LogP contribution < -0.4 is 0 Å². The number of piperazine rings is 1. The van der Waals surface area contributed by atoms with E-state index in [1.807, 2.05) is 6.07 Å². The van der Waals surface area contributed by atoms with Crippen molar-refractivity contribution in [2.24, 2.45) is 5.92 Å². The van der Waals surface area contributed by atoms with Crippen LogP contribution in [0, 0.1) is 5.92 Å². The number of aliphatic hydroxyl groups is 1. The fourth-order valence-corrected chi connectivity index (χ4v) is 3.87. The first-order valence-electron chi connectivity index (χ1n) is 9.56. The third-order valence-corrected chi connectivity index (χ3v) is 5.26. The van der Waals surface area contributed by atoms with Gasteiger partial charge in [-0.2, -0.15) is 0 Å². The summed E-state index contributed by atoms with van der Waals surface area (Å²) >= 11 is 0. The first-order chi connectivity index (χ1) is 14.0. The van der Waals surface area contributed by atoms with Crippen LogP contribution in [0.4, 0.5) is 4.79 Å². The van der Waals surface area contributed by atoms with Crippen LogP contribution in [-0.2, 0) is 30.5 Å². The molecule has 4 atom stereocenters. The smallest absolute Gasteiger partial charge is 0.412 e. The molecule has 3 rings (SSSR count). The van der Waals surface area contributed by atoms with Crippen molar-refractivity contribution in [3.05, 3.63) is 35.9 Å². The van der Waals surface area contributed by atoms with E-state index in [-0.39, 0.29) is 19.6 Å². The van der Waals surface area contributed by atoms with Gasteiger partial charge in [-0.1, -0.05) is 30.3 Å². The van der Waals surface area contributed by atoms with Crippen LogP contribution in [0.5, 0.6) is 0 Å². The highest BCUT2D eigenvalue weighted by atomic mass is 16.6. The van der Waals surface area contributed by atoms with Crippen LogP contribution in [0.2, 0.25) is 0 Å². The Morgan fingerprint density at radius 3 is 2.59 bits per heavy atom. The van der Waals surface area contributed by atoms with Crippen molar-refractivity contribution in [1.29, 1.82) is 0 Å². The number of carbonyl (C=O) groups excluding carboxylic acids is 4. The molecule has 0 radical (unpaired) electrons. The van der Waals surface area contributed by atoms with Gasteiger partial charge in [0.25, 0.3) is 0 Å². The number of rotatable bonds is 5. The predicted octanol–water partition coefficient (Wildman–Crippen LogP) is 0.695. The Kier molecular flexibility index (Phi) is 6.48. The highest BCUT2D eigenvalue weighted by Gasteiger charge is 2.52. The number of esters is 1. The molecule has 2 heterocycles. The first-order valence-corrected chi connectivity index (χ1v) is 9.56. The molecule has 2 aliphatic heterocycles. The summed E-state index contributed by atoms with van der Waals surface area (Å²) in [5.41, 5.74) is 0.772. The summed E-state index contributed by atoms with van der Waals surface area (Å²) in [7, 11) is 0. The average Bonchev–Trinajstić information content (AvgIpc) is 2.74. The lowest BCUT2D eigenvalue weighted by Gasteiger charge is -2.50. The highest BCUT2D eigenvalue weighted by molar-refractivity contribution is 5.90. The molecular formula is C20H24N2O7. The maximum Gasteiger partial charge on any atom is 0.412 e. The minimum Gasteiger partial charge on any atom is -0.464 e. The van der Waals surface area contributed by atoms with Crippen LogP contribution in [0.15, 0.2) is 30.3 Å². The number of amides is 2. The van der Waals surface area contributed by atoms with Gasteiger partial charge in [-0.3, -0.25) is 9.69 Å². The van der Waals surface area contributed by atoms with Crippen molar-refractivity contribution in [3.8, 4) is 0 Å². The summed E-state index contributed by atoms with van der Waals surface area (Å²) in [6, 6.07) is 7.11. The fourth-order valence-electron chi connectivity index (χ4n) is 3.87. The number of ether oxygens (including phenoxy) is 2. The Hall–Kier alpha value is -2.94. The molecule has 2 aliphatic rings. The summed E-state index contributed by atoms with van der Waals surface area (Å²) in [5, 5.41) is 10.7. The number of piperidine rings is 1. The van der Waals surface area contributed by atoms with E-state index in [4.69, 9.17) is 9.47 Å². The predicted molar refractivity (Wildman–Crippen MR) is 99.2 cm³/mol. The quantitative estimate of drug-likeness (QED) is 0.567. The molecule has 156 valence electrons. The molecule has 1 N–H and O–H groups in total. The van der Waals surface area contributed by atoms with E-state index in [9.17, 15) is 24.3 Å². The third kappa shape index (κ3) is 4.24. The van der Waals surface area contributed by atoms with Gasteiger partial charge in [0.15, 0.2) is 6.23 Å². The topological polar surface area (TPSA) is 113 Å². The van der Waals surface area contributed by atoms with Gasteiger partial charge in [-0.15, -0.1) is 0 Å². The normalized spacial score (nSPS) is 26.5. The summed E-state index contributed by atoms with van der Waals surface area (Å²) < 4.78 is 10.3. The second kappa shape index (κ2) is 9.04. The number of hydrogen-bond acceptors (Lipinski definition) is 7. The molecule has 1 aromatic carbocycles. The fraction of sp³-hybridized carbons (Fsp3) is 0.500. The van der Waals surface area contributed by atoms with Gasteiger partial charge in [-0.05, 0) is 25.3 Å². The summed E-state index contributed by atoms with van der Waals surface area (Å²) in [4.78, 5) is 51.2. The lowest BCUT2D eigenvalue weighted by molar-refractivity contribution is -0.180. The molecular weight excluding hydrogens is 380 g/mol. The number of carbonyl (C=O) groups is 4. The van der Waals surface area contributed by atoms with Gasteiger partial charge >= 0.3 is 12.1 Å². The molecule has 1 aromatic rings. The van der Waals surface area contributed by atoms with E-state index in [2.05, 4.69) is 0 Å². The van der Waals surface area contributed by atoms with Gasteiger partial charge < -0.3 is 24.3 Å². The number of nitrogens with zero attached hydrogens (tertiary/aromatic N) is 2. The third-order valence-electron chi connectivity index (χ3n) is 5.26. The zero-order chi connectivity index (χ0) is 21.0. The number of benzene rings is 1. The maximum atomic E-state index is 12.8. The zero-order valence-electron chi connectivity index (χ0n) is 16.1. The summed E-state index contributed by atoms with van der Waals surface area (Å²) in [6.45, 7) is 1.29. The SMILES string of the molecule is CCOC(=O)[C@@H]1[C@@H](C=O)CC[C@H]2C(O)N(C(=O)OCc3ccccc3)CC(=O)N12. The molecule has 0 aliphatic carbocycles. The molecule has 1 unspecified atom stereocenters. The molecule has 0 bridgehead atoms. The van der Waals surface area contributed by atoms with E-state index >= 15 is 0 Å². The molecule has 2 saturated heterocycles. The lowest BCUT2D eigenvalue weighted by atomic mass is 9.84. The molecule has 0 saturated carbocycles. The molecule has 29 heavy (non-hydrogen) atoms. The highest BCUT2D eigenvalue weighted by Crippen LogP contribution is 2.33. The standard InChI is InChI=1S/C20H24N2O7/c1-2-28-19(26)17-14(11-23)8-9-15-18(25)21(10-16(24)22(15)17)20(27)29-12-13-6-4-3-5-7-13/h3-7,11,14-15,17-18,25H,2,8-10,12H2,1H3/t14-,15+,17+,18?/m1/s1. The summed E-state index contributed by atoms with van der Waals surface area (Å²) in [5.74, 6) is -1.94. The van der Waals surface area contributed by atoms with Gasteiger partial charge in [-0.25, -0.2) is 9.59 Å². The Bertz CT molecular complexity index is 769. The molecule has 2 amide bonds. The van der Waals surface area contributed by atoms with E-state index < -0.39 is 48.7 Å². The van der Waals surface area contributed by atoms with Crippen molar-refractivity contribution in [3.63, 3.8) is 0 Å². The van der Waals surface area contributed by atoms with Gasteiger partial charge in [0.1, 0.15) is 25.5 Å². The molecule has 9 nitrogen and oxygen atoms in total. The Morgan fingerprint density at radius 1 is 1.21 bits per heavy atom. The minimum absolute atomic E-state index is 0.00410.